The zero-order valence-electron chi connectivity index (χ0n) is 17.1. The number of unbranched alkanes of at least 4 members (excludes halogenated alkanes) is 16. The van der Waals surface area contributed by atoms with Crippen molar-refractivity contribution >= 4 is 29.6 Å². The van der Waals surface area contributed by atoms with Gasteiger partial charge >= 0.3 is 29.6 Å². The summed E-state index contributed by atoms with van der Waals surface area (Å²) in [6.45, 7) is 2.30. The van der Waals surface area contributed by atoms with E-state index in [1.54, 1.807) is 0 Å². The summed E-state index contributed by atoms with van der Waals surface area (Å²) in [5, 5.41) is 0. The van der Waals surface area contributed by atoms with Crippen molar-refractivity contribution in [2.24, 2.45) is 0 Å². The second-order valence-electron chi connectivity index (χ2n) is 7.89. The maximum atomic E-state index is 2.30. The van der Waals surface area contributed by atoms with Crippen LogP contribution in [-0.4, -0.2) is 29.6 Å². The van der Waals surface area contributed by atoms with E-state index in [4.69, 9.17) is 0 Å². The Morgan fingerprint density at radius 2 is 0.808 bits per heavy atom. The quantitative estimate of drug-likeness (QED) is 0.181. The van der Waals surface area contributed by atoms with E-state index in [0.717, 1.165) is 0 Å². The summed E-state index contributed by atoms with van der Waals surface area (Å²) in [7, 11) is 0. The van der Waals surface area contributed by atoms with E-state index in [9.17, 15) is 0 Å². The van der Waals surface area contributed by atoms with E-state index < -0.39 is 0 Å². The second kappa shape index (κ2) is 21.5. The predicted molar refractivity (Wildman–Crippen MR) is 121 cm³/mol. The Hall–Kier alpha value is 0.220. The van der Waals surface area contributed by atoms with Crippen LogP contribution in [-0.2, 0) is 6.42 Å². The van der Waals surface area contributed by atoms with Gasteiger partial charge in [-0.25, -0.2) is 0 Å². The Morgan fingerprint density at radius 1 is 0.462 bits per heavy atom. The van der Waals surface area contributed by atoms with Crippen LogP contribution in [0.15, 0.2) is 30.3 Å². The van der Waals surface area contributed by atoms with Gasteiger partial charge in [0.1, 0.15) is 0 Å². The molecule has 0 bridgehead atoms. The summed E-state index contributed by atoms with van der Waals surface area (Å²) in [6.07, 6.45) is 25.9. The van der Waals surface area contributed by atoms with Crippen molar-refractivity contribution in [1.29, 1.82) is 0 Å². The van der Waals surface area contributed by atoms with Gasteiger partial charge in [-0.15, -0.1) is 0 Å². The molecule has 0 unspecified atom stereocenters. The molecule has 0 nitrogen and oxygen atoms in total. The molecule has 0 atom stereocenters. The van der Waals surface area contributed by atoms with Crippen LogP contribution in [0.3, 0.4) is 0 Å². The third-order valence-electron chi connectivity index (χ3n) is 5.41. The summed E-state index contributed by atoms with van der Waals surface area (Å²) >= 11 is 0. The van der Waals surface area contributed by atoms with Gasteiger partial charge in [-0.05, 0) is 18.4 Å². The molecule has 0 radical (unpaired) electrons. The fourth-order valence-corrected chi connectivity index (χ4v) is 3.70. The average Bonchev–Trinajstić information content (AvgIpc) is 2.65. The van der Waals surface area contributed by atoms with E-state index >= 15 is 0 Å². The van der Waals surface area contributed by atoms with Gasteiger partial charge in [0.25, 0.3) is 0 Å². The van der Waals surface area contributed by atoms with E-state index in [2.05, 4.69) is 37.3 Å². The number of rotatable bonds is 18. The Labute approximate surface area is 187 Å². The molecule has 0 spiro atoms. The summed E-state index contributed by atoms with van der Waals surface area (Å²) in [6, 6.07) is 10.9. The van der Waals surface area contributed by atoms with Gasteiger partial charge in [-0.2, -0.15) is 0 Å². The van der Waals surface area contributed by atoms with Gasteiger partial charge in [-0.3, -0.25) is 0 Å². The van der Waals surface area contributed by atoms with Gasteiger partial charge in [-0.1, -0.05) is 140 Å². The SMILES string of the molecule is CCCCCCCCCCCCCCCCCCCc1ccccc1.[NaH]. The van der Waals surface area contributed by atoms with Crippen molar-refractivity contribution in [1.82, 2.24) is 0 Å². The monoisotopic (exact) mass is 368 g/mol. The zero-order valence-corrected chi connectivity index (χ0v) is 17.1. The third kappa shape index (κ3) is 17.6. The van der Waals surface area contributed by atoms with Crippen LogP contribution in [0.5, 0.6) is 0 Å². The van der Waals surface area contributed by atoms with Gasteiger partial charge in [0.2, 0.25) is 0 Å². The van der Waals surface area contributed by atoms with Crippen LogP contribution >= 0.6 is 0 Å². The molecule has 1 aromatic carbocycles. The van der Waals surface area contributed by atoms with Crippen LogP contribution in [0.25, 0.3) is 0 Å². The first-order chi connectivity index (χ1) is 12.4. The molecule has 0 N–H and O–H groups in total. The first-order valence-electron chi connectivity index (χ1n) is 11.5. The molecular weight excluding hydrogens is 323 g/mol. The predicted octanol–water partition coefficient (Wildman–Crippen LogP) is 8.23. The van der Waals surface area contributed by atoms with Crippen LogP contribution in [0.4, 0.5) is 0 Å². The minimum absolute atomic E-state index is 0. The zero-order chi connectivity index (χ0) is 17.8. The molecule has 1 aromatic rings. The van der Waals surface area contributed by atoms with Crippen LogP contribution in [0.2, 0.25) is 0 Å². The number of hydrogen-bond donors (Lipinski definition) is 0. The van der Waals surface area contributed by atoms with Gasteiger partial charge in [0.05, 0.1) is 0 Å². The van der Waals surface area contributed by atoms with E-state index in [-0.39, 0.29) is 29.6 Å². The summed E-state index contributed by atoms with van der Waals surface area (Å²) in [5.74, 6) is 0. The molecule has 0 saturated carbocycles. The molecule has 0 saturated heterocycles. The van der Waals surface area contributed by atoms with Gasteiger partial charge in [0, 0.05) is 0 Å². The average molecular weight is 369 g/mol. The standard InChI is InChI=1S/C25H44.Na.H/c1-2-3-4-5-6-7-8-9-10-11-12-13-14-15-16-17-19-22-25-23-20-18-21-24-25;;/h18,20-21,23-24H,2-17,19,22H2,1H3;;. The Morgan fingerprint density at radius 3 is 1.19 bits per heavy atom. The van der Waals surface area contributed by atoms with Crippen molar-refractivity contribution in [2.45, 2.75) is 122 Å². The summed E-state index contributed by atoms with van der Waals surface area (Å²) in [5.41, 5.74) is 1.50. The molecule has 0 aliphatic carbocycles. The molecule has 0 aliphatic rings. The molecule has 1 rings (SSSR count). The molecule has 0 heterocycles. The van der Waals surface area contributed by atoms with Gasteiger partial charge < -0.3 is 0 Å². The molecule has 146 valence electrons. The summed E-state index contributed by atoms with van der Waals surface area (Å²) in [4.78, 5) is 0. The third-order valence-corrected chi connectivity index (χ3v) is 5.41. The van der Waals surface area contributed by atoms with Crippen LogP contribution in [0.1, 0.15) is 122 Å². The van der Waals surface area contributed by atoms with Crippen LogP contribution in [0, 0.1) is 0 Å². The van der Waals surface area contributed by atoms with E-state index in [1.807, 2.05) is 0 Å². The molecule has 0 aromatic heterocycles. The van der Waals surface area contributed by atoms with Crippen molar-refractivity contribution in [3.05, 3.63) is 35.9 Å². The van der Waals surface area contributed by atoms with Crippen molar-refractivity contribution < 1.29 is 0 Å². The van der Waals surface area contributed by atoms with E-state index in [0.29, 0.717) is 0 Å². The topological polar surface area (TPSA) is 0 Å². The maximum absolute atomic E-state index is 2.30. The number of aryl methyl sites for hydroxylation is 1. The molecule has 0 amide bonds. The number of benzene rings is 1. The molecular formula is C25H45Na. The fraction of sp³-hybridized carbons (Fsp3) is 0.760. The van der Waals surface area contributed by atoms with Crippen molar-refractivity contribution in [3.8, 4) is 0 Å². The normalized spacial score (nSPS) is 10.7. The molecule has 26 heavy (non-hydrogen) atoms. The Bertz CT molecular complexity index is 360. The first kappa shape index (κ1) is 26.2. The molecule has 0 aliphatic heterocycles. The van der Waals surface area contributed by atoms with E-state index in [1.165, 1.54) is 121 Å². The second-order valence-corrected chi connectivity index (χ2v) is 7.89. The van der Waals surface area contributed by atoms with Crippen molar-refractivity contribution in [2.75, 3.05) is 0 Å². The van der Waals surface area contributed by atoms with Gasteiger partial charge in [0.15, 0.2) is 0 Å². The first-order valence-corrected chi connectivity index (χ1v) is 11.5. The van der Waals surface area contributed by atoms with Crippen molar-refractivity contribution in [3.63, 3.8) is 0 Å². The Balaban J connectivity index is 0.00000625. The molecule has 0 fully saturated rings. The summed E-state index contributed by atoms with van der Waals surface area (Å²) < 4.78 is 0. The number of hydrogen-bond acceptors (Lipinski definition) is 0. The molecule has 1 heteroatoms. The fourth-order valence-electron chi connectivity index (χ4n) is 3.70. The Kier molecular flexibility index (Phi) is 21.7. The minimum atomic E-state index is 0. The van der Waals surface area contributed by atoms with Crippen LogP contribution < -0.4 is 0 Å².